The summed E-state index contributed by atoms with van der Waals surface area (Å²) in [7, 11) is 0. The number of rotatable bonds is 3. The summed E-state index contributed by atoms with van der Waals surface area (Å²) in [6.07, 6.45) is 8.72. The summed E-state index contributed by atoms with van der Waals surface area (Å²) in [5.41, 5.74) is 9.30. The van der Waals surface area contributed by atoms with Crippen molar-refractivity contribution in [1.82, 2.24) is 0 Å². The molecule has 2 rings (SSSR count). The quantitative estimate of drug-likeness (QED) is 0.823. The van der Waals surface area contributed by atoms with Crippen LogP contribution in [0.5, 0.6) is 0 Å². The Bertz CT molecular complexity index is 381. The van der Waals surface area contributed by atoms with Gasteiger partial charge in [-0.2, -0.15) is 0 Å². The maximum Gasteiger partial charge on any atom is 0.00785 e. The second-order valence-corrected chi connectivity index (χ2v) is 6.11. The second-order valence-electron chi connectivity index (χ2n) is 5.23. The van der Waals surface area contributed by atoms with Crippen molar-refractivity contribution in [3.05, 3.63) is 29.3 Å². The van der Waals surface area contributed by atoms with E-state index in [2.05, 4.69) is 31.4 Å². The van der Waals surface area contributed by atoms with Crippen LogP contribution >= 0.6 is 11.8 Å². The van der Waals surface area contributed by atoms with E-state index in [9.17, 15) is 0 Å². The summed E-state index contributed by atoms with van der Waals surface area (Å²) >= 11 is 1.82. The minimum atomic E-state index is 0.258. The van der Waals surface area contributed by atoms with Gasteiger partial charge in [-0.15, -0.1) is 11.8 Å². The van der Waals surface area contributed by atoms with Crippen molar-refractivity contribution in [1.29, 1.82) is 0 Å². The third-order valence-corrected chi connectivity index (χ3v) is 4.94. The van der Waals surface area contributed by atoms with Crippen LogP contribution in [0.25, 0.3) is 0 Å². The summed E-state index contributed by atoms with van der Waals surface area (Å²) in [5.74, 6) is 0. The van der Waals surface area contributed by atoms with Crippen molar-refractivity contribution in [2.24, 2.45) is 5.73 Å². The summed E-state index contributed by atoms with van der Waals surface area (Å²) in [6, 6.07) is 6.85. The van der Waals surface area contributed by atoms with Gasteiger partial charge in [0.15, 0.2) is 0 Å². The Balaban J connectivity index is 2.41. The van der Waals surface area contributed by atoms with E-state index in [4.69, 9.17) is 5.73 Å². The van der Waals surface area contributed by atoms with Gasteiger partial charge in [-0.3, -0.25) is 0 Å². The molecule has 0 aromatic heterocycles. The third-order valence-electron chi connectivity index (χ3n) is 4.22. The standard InChI is InChI=1S/C15H23NS/c1-12-6-7-13(17-2)10-14(12)15(11-16)8-4-3-5-9-15/h6-7,10H,3-5,8-9,11,16H2,1-2H3. The van der Waals surface area contributed by atoms with Crippen LogP contribution in [0.3, 0.4) is 0 Å². The van der Waals surface area contributed by atoms with Crippen LogP contribution in [0.1, 0.15) is 43.2 Å². The molecule has 1 aliphatic carbocycles. The van der Waals surface area contributed by atoms with Gasteiger partial charge < -0.3 is 5.73 Å². The van der Waals surface area contributed by atoms with Crippen LogP contribution in [-0.4, -0.2) is 12.8 Å². The van der Waals surface area contributed by atoms with Crippen LogP contribution in [0.2, 0.25) is 0 Å². The molecule has 1 aromatic carbocycles. The van der Waals surface area contributed by atoms with Crippen LogP contribution < -0.4 is 5.73 Å². The van der Waals surface area contributed by atoms with Gasteiger partial charge in [0, 0.05) is 16.9 Å². The largest absolute Gasteiger partial charge is 0.330 e. The average Bonchev–Trinajstić information content (AvgIpc) is 2.40. The van der Waals surface area contributed by atoms with Gasteiger partial charge in [0.2, 0.25) is 0 Å². The molecule has 0 radical (unpaired) electrons. The highest BCUT2D eigenvalue weighted by Crippen LogP contribution is 2.41. The lowest BCUT2D eigenvalue weighted by Gasteiger charge is -2.38. The van der Waals surface area contributed by atoms with E-state index in [0.29, 0.717) is 0 Å². The monoisotopic (exact) mass is 249 g/mol. The van der Waals surface area contributed by atoms with Gasteiger partial charge in [0.1, 0.15) is 0 Å². The molecule has 1 aromatic rings. The molecular formula is C15H23NS. The van der Waals surface area contributed by atoms with E-state index in [-0.39, 0.29) is 5.41 Å². The van der Waals surface area contributed by atoms with Crippen molar-refractivity contribution in [3.63, 3.8) is 0 Å². The zero-order valence-corrected chi connectivity index (χ0v) is 11.8. The van der Waals surface area contributed by atoms with E-state index >= 15 is 0 Å². The molecule has 0 aliphatic heterocycles. The van der Waals surface area contributed by atoms with Crippen molar-refractivity contribution < 1.29 is 0 Å². The molecule has 2 N–H and O–H groups in total. The molecule has 1 nitrogen and oxygen atoms in total. The molecule has 1 saturated carbocycles. The number of nitrogens with two attached hydrogens (primary N) is 1. The Morgan fingerprint density at radius 3 is 2.53 bits per heavy atom. The number of hydrogen-bond acceptors (Lipinski definition) is 2. The van der Waals surface area contributed by atoms with E-state index in [1.165, 1.54) is 48.1 Å². The minimum Gasteiger partial charge on any atom is -0.330 e. The highest BCUT2D eigenvalue weighted by Gasteiger charge is 2.33. The first kappa shape index (κ1) is 13.0. The molecule has 0 heterocycles. The van der Waals surface area contributed by atoms with E-state index < -0.39 is 0 Å². The maximum atomic E-state index is 6.12. The second kappa shape index (κ2) is 5.45. The highest BCUT2D eigenvalue weighted by atomic mass is 32.2. The van der Waals surface area contributed by atoms with Crippen molar-refractivity contribution in [2.45, 2.75) is 49.3 Å². The number of benzene rings is 1. The predicted octanol–water partition coefficient (Wildman–Crippen LogP) is 3.88. The molecular weight excluding hydrogens is 226 g/mol. The molecule has 1 aliphatic rings. The normalized spacial score (nSPS) is 19.2. The number of hydrogen-bond donors (Lipinski definition) is 1. The first-order chi connectivity index (χ1) is 8.22. The maximum absolute atomic E-state index is 6.12. The molecule has 1 fully saturated rings. The molecule has 0 atom stereocenters. The fraction of sp³-hybridized carbons (Fsp3) is 0.600. The fourth-order valence-electron chi connectivity index (χ4n) is 3.11. The molecule has 0 unspecified atom stereocenters. The number of thioether (sulfide) groups is 1. The lowest BCUT2D eigenvalue weighted by molar-refractivity contribution is 0.299. The van der Waals surface area contributed by atoms with Crippen molar-refractivity contribution >= 4 is 11.8 Å². The molecule has 17 heavy (non-hydrogen) atoms. The lowest BCUT2D eigenvalue weighted by atomic mass is 9.68. The average molecular weight is 249 g/mol. The Kier molecular flexibility index (Phi) is 4.16. The first-order valence-electron chi connectivity index (χ1n) is 6.57. The Morgan fingerprint density at radius 2 is 1.94 bits per heavy atom. The van der Waals surface area contributed by atoms with Gasteiger partial charge in [-0.1, -0.05) is 25.3 Å². The van der Waals surface area contributed by atoms with Gasteiger partial charge in [-0.25, -0.2) is 0 Å². The zero-order valence-electron chi connectivity index (χ0n) is 11.0. The van der Waals surface area contributed by atoms with E-state index in [1.54, 1.807) is 0 Å². The zero-order chi connectivity index (χ0) is 12.3. The molecule has 0 bridgehead atoms. The van der Waals surface area contributed by atoms with Crippen LogP contribution in [0.15, 0.2) is 23.1 Å². The fourth-order valence-corrected chi connectivity index (χ4v) is 3.55. The van der Waals surface area contributed by atoms with Crippen LogP contribution in [-0.2, 0) is 5.41 Å². The summed E-state index contributed by atoms with van der Waals surface area (Å²) in [6.45, 7) is 3.02. The van der Waals surface area contributed by atoms with Gasteiger partial charge >= 0.3 is 0 Å². The molecule has 2 heteroatoms. The van der Waals surface area contributed by atoms with E-state index in [0.717, 1.165) is 6.54 Å². The smallest absolute Gasteiger partial charge is 0.00785 e. The first-order valence-corrected chi connectivity index (χ1v) is 7.79. The Morgan fingerprint density at radius 1 is 1.24 bits per heavy atom. The summed E-state index contributed by atoms with van der Waals surface area (Å²) in [4.78, 5) is 1.36. The van der Waals surface area contributed by atoms with Crippen LogP contribution in [0.4, 0.5) is 0 Å². The van der Waals surface area contributed by atoms with Crippen molar-refractivity contribution in [3.8, 4) is 0 Å². The Hall–Kier alpha value is -0.470. The lowest BCUT2D eigenvalue weighted by Crippen LogP contribution is -2.37. The SMILES string of the molecule is CSc1ccc(C)c(C2(CN)CCCCC2)c1. The molecule has 0 saturated heterocycles. The number of aryl methyl sites for hydroxylation is 1. The van der Waals surface area contributed by atoms with Crippen molar-refractivity contribution in [2.75, 3.05) is 12.8 Å². The molecule has 0 spiro atoms. The van der Waals surface area contributed by atoms with Gasteiger partial charge in [0.05, 0.1) is 0 Å². The topological polar surface area (TPSA) is 26.0 Å². The molecule has 0 amide bonds. The highest BCUT2D eigenvalue weighted by molar-refractivity contribution is 7.98. The van der Waals surface area contributed by atoms with Gasteiger partial charge in [-0.05, 0) is 49.3 Å². The molecule has 94 valence electrons. The van der Waals surface area contributed by atoms with Gasteiger partial charge in [0.25, 0.3) is 0 Å². The summed E-state index contributed by atoms with van der Waals surface area (Å²) < 4.78 is 0. The van der Waals surface area contributed by atoms with Crippen LogP contribution in [0, 0.1) is 6.92 Å². The van der Waals surface area contributed by atoms with E-state index in [1.807, 2.05) is 11.8 Å². The third kappa shape index (κ3) is 2.53. The minimum absolute atomic E-state index is 0.258. The summed E-state index contributed by atoms with van der Waals surface area (Å²) in [5, 5.41) is 0. The Labute approximate surface area is 109 Å². The predicted molar refractivity (Wildman–Crippen MR) is 76.8 cm³/mol.